The van der Waals surface area contributed by atoms with E-state index < -0.39 is 0 Å². The van der Waals surface area contributed by atoms with E-state index in [9.17, 15) is 10.1 Å². The number of aromatic nitrogens is 1. The van der Waals surface area contributed by atoms with Crippen molar-refractivity contribution in [1.82, 2.24) is 4.98 Å². The molecule has 1 aromatic heterocycles. The average Bonchev–Trinajstić information content (AvgIpc) is 2.91. The van der Waals surface area contributed by atoms with Gasteiger partial charge in [-0.1, -0.05) is 24.3 Å². The average molecular weight is 299 g/mol. The summed E-state index contributed by atoms with van der Waals surface area (Å²) in [5.74, 6) is 0. The number of nitro benzene ring substituents is 1. The Kier molecular flexibility index (Phi) is 3.53. The zero-order valence-corrected chi connectivity index (χ0v) is 12.1. The third-order valence-electron chi connectivity index (χ3n) is 3.15. The fraction of sp³-hybridized carbons (Fsp3) is 0.133. The van der Waals surface area contributed by atoms with Crippen molar-refractivity contribution in [3.8, 4) is 0 Å². The van der Waals surface area contributed by atoms with Gasteiger partial charge in [-0.05, 0) is 25.1 Å². The summed E-state index contributed by atoms with van der Waals surface area (Å²) >= 11 is 1.60. The molecule has 0 saturated carbocycles. The first-order chi connectivity index (χ1) is 10.1. The number of rotatable bonds is 4. The van der Waals surface area contributed by atoms with Gasteiger partial charge in [0.1, 0.15) is 10.7 Å². The minimum atomic E-state index is -0.382. The van der Waals surface area contributed by atoms with Crippen LogP contribution in [-0.2, 0) is 0 Å². The molecule has 1 unspecified atom stereocenters. The van der Waals surface area contributed by atoms with E-state index in [1.807, 2.05) is 31.2 Å². The van der Waals surface area contributed by atoms with E-state index in [-0.39, 0.29) is 16.7 Å². The van der Waals surface area contributed by atoms with Gasteiger partial charge in [0.05, 0.1) is 21.2 Å². The van der Waals surface area contributed by atoms with Crippen LogP contribution in [0.1, 0.15) is 18.0 Å². The number of fused-ring (bicyclic) bond motifs is 1. The molecule has 6 heteroatoms. The second-order valence-electron chi connectivity index (χ2n) is 4.66. The number of hydrogen-bond acceptors (Lipinski definition) is 5. The van der Waals surface area contributed by atoms with Crippen LogP contribution in [0.25, 0.3) is 10.2 Å². The lowest BCUT2D eigenvalue weighted by Gasteiger charge is -2.12. The third-order valence-corrected chi connectivity index (χ3v) is 4.37. The molecule has 0 spiro atoms. The van der Waals surface area contributed by atoms with Gasteiger partial charge in [0.15, 0.2) is 0 Å². The zero-order valence-electron chi connectivity index (χ0n) is 11.3. The van der Waals surface area contributed by atoms with E-state index in [4.69, 9.17) is 0 Å². The number of thiazole rings is 1. The molecule has 0 aliphatic heterocycles. The number of para-hydroxylation sites is 3. The van der Waals surface area contributed by atoms with Crippen LogP contribution in [0.15, 0.2) is 48.5 Å². The lowest BCUT2D eigenvalue weighted by atomic mass is 10.2. The molecular weight excluding hydrogens is 286 g/mol. The van der Waals surface area contributed by atoms with Crippen molar-refractivity contribution in [2.75, 3.05) is 5.32 Å². The highest BCUT2D eigenvalue weighted by atomic mass is 32.1. The van der Waals surface area contributed by atoms with Crippen molar-refractivity contribution in [1.29, 1.82) is 0 Å². The minimum absolute atomic E-state index is 0.0745. The summed E-state index contributed by atoms with van der Waals surface area (Å²) in [5.41, 5.74) is 1.54. The van der Waals surface area contributed by atoms with Gasteiger partial charge in [0.2, 0.25) is 0 Å². The fourth-order valence-electron chi connectivity index (χ4n) is 2.13. The highest BCUT2D eigenvalue weighted by Gasteiger charge is 2.17. The Labute approximate surface area is 125 Å². The van der Waals surface area contributed by atoms with E-state index >= 15 is 0 Å². The zero-order chi connectivity index (χ0) is 14.8. The van der Waals surface area contributed by atoms with Crippen LogP contribution in [0.2, 0.25) is 0 Å². The normalized spacial score (nSPS) is 12.2. The van der Waals surface area contributed by atoms with Crippen molar-refractivity contribution in [3.05, 3.63) is 63.7 Å². The fourth-order valence-corrected chi connectivity index (χ4v) is 3.10. The highest BCUT2D eigenvalue weighted by molar-refractivity contribution is 7.18. The number of hydrogen-bond donors (Lipinski definition) is 1. The lowest BCUT2D eigenvalue weighted by molar-refractivity contribution is -0.384. The molecule has 0 saturated heterocycles. The van der Waals surface area contributed by atoms with Crippen LogP contribution in [0, 0.1) is 10.1 Å². The van der Waals surface area contributed by atoms with E-state index in [0.29, 0.717) is 5.69 Å². The quantitative estimate of drug-likeness (QED) is 0.573. The molecule has 1 N–H and O–H groups in total. The van der Waals surface area contributed by atoms with Crippen molar-refractivity contribution in [3.63, 3.8) is 0 Å². The van der Waals surface area contributed by atoms with Crippen molar-refractivity contribution < 1.29 is 4.92 Å². The summed E-state index contributed by atoms with van der Waals surface area (Å²) in [5, 5.41) is 15.1. The molecule has 3 aromatic rings. The molecule has 1 atom stereocenters. The van der Waals surface area contributed by atoms with Crippen LogP contribution in [0.4, 0.5) is 11.4 Å². The molecular formula is C15H13N3O2S. The highest BCUT2D eigenvalue weighted by Crippen LogP contribution is 2.31. The Morgan fingerprint density at radius 2 is 1.90 bits per heavy atom. The molecule has 0 amide bonds. The van der Waals surface area contributed by atoms with Gasteiger partial charge in [-0.2, -0.15) is 0 Å². The predicted molar refractivity (Wildman–Crippen MR) is 84.8 cm³/mol. The lowest BCUT2D eigenvalue weighted by Crippen LogP contribution is -2.07. The van der Waals surface area contributed by atoms with E-state index in [0.717, 1.165) is 15.2 Å². The maximum Gasteiger partial charge on any atom is 0.292 e. The SMILES string of the molecule is CC(Nc1ccccc1[N+](=O)[O-])c1nc2ccccc2s1. The number of nitro groups is 1. The van der Waals surface area contributed by atoms with Crippen LogP contribution >= 0.6 is 11.3 Å². The van der Waals surface area contributed by atoms with Gasteiger partial charge in [-0.25, -0.2) is 4.98 Å². The standard InChI is InChI=1S/C15H13N3O2S/c1-10(15-17-12-7-3-5-9-14(12)21-15)16-11-6-2-4-8-13(11)18(19)20/h2-10,16H,1H3. The molecule has 21 heavy (non-hydrogen) atoms. The van der Waals surface area contributed by atoms with Crippen LogP contribution in [-0.4, -0.2) is 9.91 Å². The van der Waals surface area contributed by atoms with Gasteiger partial charge < -0.3 is 5.32 Å². The third kappa shape index (κ3) is 2.71. The summed E-state index contributed by atoms with van der Waals surface area (Å²) in [6, 6.07) is 14.5. The summed E-state index contributed by atoms with van der Waals surface area (Å²) in [6.07, 6.45) is 0. The molecule has 106 valence electrons. The van der Waals surface area contributed by atoms with E-state index in [2.05, 4.69) is 10.3 Å². The number of nitrogens with zero attached hydrogens (tertiary/aromatic N) is 2. The first kappa shape index (κ1) is 13.5. The minimum Gasteiger partial charge on any atom is -0.371 e. The second kappa shape index (κ2) is 5.49. The monoisotopic (exact) mass is 299 g/mol. The number of benzene rings is 2. The molecule has 5 nitrogen and oxygen atoms in total. The summed E-state index contributed by atoms with van der Waals surface area (Å²) in [7, 11) is 0. The number of nitrogens with one attached hydrogen (secondary N) is 1. The maximum atomic E-state index is 11.0. The van der Waals surface area contributed by atoms with Gasteiger partial charge in [-0.15, -0.1) is 11.3 Å². The summed E-state index contributed by atoms with van der Waals surface area (Å²) in [6.45, 7) is 1.95. The van der Waals surface area contributed by atoms with Crippen LogP contribution in [0.3, 0.4) is 0 Å². The first-order valence-electron chi connectivity index (χ1n) is 6.50. The molecule has 0 aliphatic carbocycles. The smallest absolute Gasteiger partial charge is 0.292 e. The largest absolute Gasteiger partial charge is 0.371 e. The molecule has 0 radical (unpaired) electrons. The molecule has 2 aromatic carbocycles. The molecule has 0 aliphatic rings. The van der Waals surface area contributed by atoms with E-state index in [1.54, 1.807) is 29.5 Å². The maximum absolute atomic E-state index is 11.0. The Bertz CT molecular complexity index is 767. The Morgan fingerprint density at radius 3 is 2.67 bits per heavy atom. The van der Waals surface area contributed by atoms with Gasteiger partial charge in [0, 0.05) is 6.07 Å². The molecule has 3 rings (SSSR count). The van der Waals surface area contributed by atoms with Crippen molar-refractivity contribution in [2.24, 2.45) is 0 Å². The van der Waals surface area contributed by atoms with Crippen molar-refractivity contribution >= 4 is 32.9 Å². The second-order valence-corrected chi connectivity index (χ2v) is 5.72. The molecule has 1 heterocycles. The van der Waals surface area contributed by atoms with E-state index in [1.165, 1.54) is 6.07 Å². The molecule has 0 fully saturated rings. The summed E-state index contributed by atoms with van der Waals surface area (Å²) < 4.78 is 1.11. The van der Waals surface area contributed by atoms with Crippen molar-refractivity contribution in [2.45, 2.75) is 13.0 Å². The Morgan fingerprint density at radius 1 is 1.19 bits per heavy atom. The topological polar surface area (TPSA) is 68.1 Å². The number of anilines is 1. The Balaban J connectivity index is 1.89. The predicted octanol–water partition coefficient (Wildman–Crippen LogP) is 4.38. The van der Waals surface area contributed by atoms with Gasteiger partial charge >= 0.3 is 0 Å². The molecule has 0 bridgehead atoms. The first-order valence-corrected chi connectivity index (χ1v) is 7.32. The van der Waals surface area contributed by atoms with Gasteiger partial charge in [0.25, 0.3) is 5.69 Å². The Hall–Kier alpha value is -2.47. The van der Waals surface area contributed by atoms with Crippen LogP contribution < -0.4 is 5.32 Å². The van der Waals surface area contributed by atoms with Crippen LogP contribution in [0.5, 0.6) is 0 Å². The summed E-state index contributed by atoms with van der Waals surface area (Å²) in [4.78, 5) is 15.2. The van der Waals surface area contributed by atoms with Gasteiger partial charge in [-0.3, -0.25) is 10.1 Å².